The first kappa shape index (κ1) is 11.0. The number of primary amides is 1. The second-order valence-corrected chi connectivity index (χ2v) is 2.83. The second kappa shape index (κ2) is 4.94. The van der Waals surface area contributed by atoms with E-state index in [9.17, 15) is 9.59 Å². The summed E-state index contributed by atoms with van der Waals surface area (Å²) in [6, 6.07) is 3.11. The summed E-state index contributed by atoms with van der Waals surface area (Å²) in [5.74, 6) is -1.20. The van der Waals surface area contributed by atoms with Crippen molar-refractivity contribution >= 4 is 17.7 Å². The Labute approximate surface area is 86.1 Å². The van der Waals surface area contributed by atoms with E-state index in [0.717, 1.165) is 0 Å². The van der Waals surface area contributed by atoms with Gasteiger partial charge < -0.3 is 16.2 Å². The summed E-state index contributed by atoms with van der Waals surface area (Å²) in [6.45, 7) is 0.201. The number of carboxylic acid groups (broad SMARTS) is 1. The average molecular weight is 209 g/mol. The number of carbonyl (C=O) groups excluding carboxylic acids is 1. The third kappa shape index (κ3) is 3.26. The third-order valence-electron chi connectivity index (χ3n) is 1.70. The number of nitrogens with two attached hydrogens (primary N) is 1. The number of rotatable bonds is 5. The molecule has 0 aliphatic carbocycles. The number of nitrogens with zero attached hydrogens (tertiary/aromatic N) is 1. The van der Waals surface area contributed by atoms with E-state index in [-0.39, 0.29) is 18.5 Å². The van der Waals surface area contributed by atoms with E-state index in [2.05, 4.69) is 10.3 Å². The number of aliphatic carboxylic acids is 1. The van der Waals surface area contributed by atoms with Gasteiger partial charge in [-0.05, 0) is 12.1 Å². The van der Waals surface area contributed by atoms with E-state index in [1.807, 2.05) is 0 Å². The molecule has 0 aliphatic rings. The molecule has 1 aromatic rings. The van der Waals surface area contributed by atoms with Crippen LogP contribution in [0.4, 0.5) is 5.82 Å². The lowest BCUT2D eigenvalue weighted by Gasteiger charge is -2.06. The summed E-state index contributed by atoms with van der Waals surface area (Å²) in [6.07, 6.45) is 1.45. The van der Waals surface area contributed by atoms with Gasteiger partial charge in [-0.2, -0.15) is 0 Å². The molecule has 15 heavy (non-hydrogen) atoms. The highest BCUT2D eigenvalue weighted by Crippen LogP contribution is 2.09. The summed E-state index contributed by atoms with van der Waals surface area (Å²) in [5, 5.41) is 11.2. The molecule has 0 bridgehead atoms. The second-order valence-electron chi connectivity index (χ2n) is 2.83. The number of anilines is 1. The Balaban J connectivity index is 2.67. The summed E-state index contributed by atoms with van der Waals surface area (Å²) in [5.41, 5.74) is 5.36. The minimum Gasteiger partial charge on any atom is -0.481 e. The highest BCUT2D eigenvalue weighted by Gasteiger charge is 2.08. The lowest BCUT2D eigenvalue weighted by molar-refractivity contribution is -0.136. The van der Waals surface area contributed by atoms with Gasteiger partial charge in [0, 0.05) is 12.7 Å². The van der Waals surface area contributed by atoms with Crippen molar-refractivity contribution < 1.29 is 14.7 Å². The van der Waals surface area contributed by atoms with Gasteiger partial charge in [-0.1, -0.05) is 0 Å². The van der Waals surface area contributed by atoms with Crippen LogP contribution >= 0.6 is 0 Å². The number of carbonyl (C=O) groups is 2. The molecule has 1 rings (SSSR count). The Morgan fingerprint density at radius 2 is 2.27 bits per heavy atom. The van der Waals surface area contributed by atoms with Gasteiger partial charge in [0.25, 0.3) is 5.91 Å². The number of carboxylic acids is 1. The molecule has 1 heterocycles. The van der Waals surface area contributed by atoms with Crippen LogP contribution < -0.4 is 11.1 Å². The van der Waals surface area contributed by atoms with Gasteiger partial charge in [0.05, 0.1) is 12.0 Å². The highest BCUT2D eigenvalue weighted by molar-refractivity contribution is 5.97. The van der Waals surface area contributed by atoms with Crippen molar-refractivity contribution in [2.45, 2.75) is 6.42 Å². The fourth-order valence-corrected chi connectivity index (χ4v) is 1.03. The number of hydrogen-bond donors (Lipinski definition) is 3. The lowest BCUT2D eigenvalue weighted by Crippen LogP contribution is -2.16. The first-order valence-corrected chi connectivity index (χ1v) is 4.31. The summed E-state index contributed by atoms with van der Waals surface area (Å²) >= 11 is 0. The van der Waals surface area contributed by atoms with Gasteiger partial charge in [-0.3, -0.25) is 9.59 Å². The van der Waals surface area contributed by atoms with E-state index in [1.165, 1.54) is 12.3 Å². The topological polar surface area (TPSA) is 105 Å². The van der Waals surface area contributed by atoms with Crippen LogP contribution in [0.1, 0.15) is 16.8 Å². The van der Waals surface area contributed by atoms with Gasteiger partial charge in [-0.15, -0.1) is 0 Å². The Hall–Kier alpha value is -2.11. The van der Waals surface area contributed by atoms with Crippen LogP contribution in [0.3, 0.4) is 0 Å². The lowest BCUT2D eigenvalue weighted by atomic mass is 10.2. The van der Waals surface area contributed by atoms with E-state index in [1.54, 1.807) is 6.07 Å². The minimum atomic E-state index is -0.918. The SMILES string of the molecule is NC(=O)c1cccnc1NCCC(=O)O. The first-order valence-electron chi connectivity index (χ1n) is 4.31. The van der Waals surface area contributed by atoms with Gasteiger partial charge in [0.1, 0.15) is 5.82 Å². The quantitative estimate of drug-likeness (QED) is 0.636. The van der Waals surface area contributed by atoms with Crippen molar-refractivity contribution in [2.24, 2.45) is 5.73 Å². The van der Waals surface area contributed by atoms with Crippen LogP contribution in [0.5, 0.6) is 0 Å². The number of amides is 1. The molecule has 1 amide bonds. The molecule has 1 aromatic heterocycles. The molecule has 0 atom stereocenters. The Kier molecular flexibility index (Phi) is 3.61. The molecule has 0 saturated heterocycles. The van der Waals surface area contributed by atoms with Gasteiger partial charge in [-0.25, -0.2) is 4.98 Å². The van der Waals surface area contributed by atoms with Crippen LogP contribution in [0.2, 0.25) is 0 Å². The first-order chi connectivity index (χ1) is 7.11. The Bertz CT molecular complexity index is 379. The fraction of sp³-hybridized carbons (Fsp3) is 0.222. The van der Waals surface area contributed by atoms with E-state index < -0.39 is 11.9 Å². The molecule has 0 fully saturated rings. The zero-order valence-corrected chi connectivity index (χ0v) is 7.93. The molecule has 6 nitrogen and oxygen atoms in total. The van der Waals surface area contributed by atoms with Gasteiger partial charge >= 0.3 is 5.97 Å². The van der Waals surface area contributed by atoms with Crippen molar-refractivity contribution in [1.82, 2.24) is 4.98 Å². The maximum absolute atomic E-state index is 10.9. The molecule has 80 valence electrons. The van der Waals surface area contributed by atoms with Crippen molar-refractivity contribution in [3.8, 4) is 0 Å². The van der Waals surface area contributed by atoms with E-state index in [0.29, 0.717) is 5.82 Å². The summed E-state index contributed by atoms with van der Waals surface area (Å²) in [7, 11) is 0. The van der Waals surface area contributed by atoms with Crippen LogP contribution in [-0.2, 0) is 4.79 Å². The van der Waals surface area contributed by atoms with Gasteiger partial charge in [0.2, 0.25) is 0 Å². The molecule has 0 radical (unpaired) electrons. The molecule has 0 aliphatic heterocycles. The Morgan fingerprint density at radius 3 is 2.87 bits per heavy atom. The van der Waals surface area contributed by atoms with Crippen molar-refractivity contribution in [3.63, 3.8) is 0 Å². The molecule has 6 heteroatoms. The number of nitrogens with one attached hydrogen (secondary N) is 1. The van der Waals surface area contributed by atoms with E-state index in [4.69, 9.17) is 10.8 Å². The van der Waals surface area contributed by atoms with Crippen LogP contribution in [0, 0.1) is 0 Å². The predicted molar refractivity (Wildman–Crippen MR) is 53.5 cm³/mol. The zero-order chi connectivity index (χ0) is 11.3. The summed E-state index contributed by atoms with van der Waals surface area (Å²) < 4.78 is 0. The van der Waals surface area contributed by atoms with E-state index >= 15 is 0 Å². The average Bonchev–Trinajstić information content (AvgIpc) is 2.17. The molecular formula is C9H11N3O3. The predicted octanol–water partition coefficient (Wildman–Crippen LogP) is 0.0671. The highest BCUT2D eigenvalue weighted by atomic mass is 16.4. The monoisotopic (exact) mass is 209 g/mol. The number of pyridine rings is 1. The minimum absolute atomic E-state index is 0.0468. The summed E-state index contributed by atoms with van der Waals surface area (Å²) in [4.78, 5) is 25.1. The molecular weight excluding hydrogens is 198 g/mol. The normalized spacial score (nSPS) is 9.60. The number of hydrogen-bond acceptors (Lipinski definition) is 4. The maximum Gasteiger partial charge on any atom is 0.305 e. The fourth-order valence-electron chi connectivity index (χ4n) is 1.03. The largest absolute Gasteiger partial charge is 0.481 e. The maximum atomic E-state index is 10.9. The van der Waals surface area contributed by atoms with Crippen LogP contribution in [0.15, 0.2) is 18.3 Å². The molecule has 4 N–H and O–H groups in total. The van der Waals surface area contributed by atoms with Crippen LogP contribution in [-0.4, -0.2) is 28.5 Å². The molecule has 0 unspecified atom stereocenters. The molecule has 0 saturated carbocycles. The smallest absolute Gasteiger partial charge is 0.305 e. The molecule has 0 spiro atoms. The van der Waals surface area contributed by atoms with Gasteiger partial charge in [0.15, 0.2) is 0 Å². The Morgan fingerprint density at radius 1 is 1.53 bits per heavy atom. The van der Waals surface area contributed by atoms with Crippen LogP contribution in [0.25, 0.3) is 0 Å². The molecule has 0 aromatic carbocycles. The zero-order valence-electron chi connectivity index (χ0n) is 7.93. The standard InChI is InChI=1S/C9H11N3O3/c10-8(15)6-2-1-4-11-9(6)12-5-3-7(13)14/h1-2,4H,3,5H2,(H2,10,15)(H,11,12)(H,13,14). The number of aromatic nitrogens is 1. The van der Waals surface area contributed by atoms with Crippen molar-refractivity contribution in [3.05, 3.63) is 23.9 Å². The van der Waals surface area contributed by atoms with Crippen molar-refractivity contribution in [2.75, 3.05) is 11.9 Å². The van der Waals surface area contributed by atoms with Crippen molar-refractivity contribution in [1.29, 1.82) is 0 Å². The third-order valence-corrected chi connectivity index (χ3v) is 1.70.